The van der Waals surface area contributed by atoms with Crippen molar-refractivity contribution in [1.29, 1.82) is 0 Å². The zero-order chi connectivity index (χ0) is 12.7. The number of nitrogens with zero attached hydrogens (tertiary/aromatic N) is 3. The maximum atomic E-state index is 4.42. The van der Waals surface area contributed by atoms with Crippen LogP contribution in [-0.4, -0.2) is 53.6 Å². The lowest BCUT2D eigenvalue weighted by atomic mass is 10.1. The Labute approximate surface area is 121 Å². The summed E-state index contributed by atoms with van der Waals surface area (Å²) in [6.45, 7) is 4.91. The Morgan fingerprint density at radius 1 is 1.16 bits per heavy atom. The van der Waals surface area contributed by atoms with Gasteiger partial charge < -0.3 is 4.90 Å². The quantitative estimate of drug-likeness (QED) is 0.846. The van der Waals surface area contributed by atoms with Crippen LogP contribution in [0.2, 0.25) is 0 Å². The Balaban J connectivity index is 1.49. The monoisotopic (exact) mass is 291 g/mol. The maximum Gasteiger partial charge on any atom is 0.0830 e. The van der Waals surface area contributed by atoms with Crippen molar-refractivity contribution in [2.24, 2.45) is 0 Å². The molecule has 0 amide bonds. The molecule has 5 heteroatoms. The average Bonchev–Trinajstić information content (AvgIpc) is 2.87. The van der Waals surface area contributed by atoms with Crippen LogP contribution in [0.5, 0.6) is 0 Å². The molecule has 3 nitrogen and oxygen atoms in total. The normalized spacial score (nSPS) is 21.8. The van der Waals surface area contributed by atoms with Crippen molar-refractivity contribution in [3.05, 3.63) is 23.7 Å². The summed E-state index contributed by atoms with van der Waals surface area (Å²) in [7, 11) is 0. The summed E-state index contributed by atoms with van der Waals surface area (Å²) in [6, 6.07) is 5.05. The summed E-state index contributed by atoms with van der Waals surface area (Å²) < 4.78 is 1.34. The number of anilines is 1. The molecule has 0 bridgehead atoms. The van der Waals surface area contributed by atoms with Crippen LogP contribution in [-0.2, 0) is 0 Å². The molecule has 0 saturated carbocycles. The molecule has 4 heterocycles. The number of thioether (sulfide) groups is 1. The van der Waals surface area contributed by atoms with Gasteiger partial charge in [0, 0.05) is 49.9 Å². The Morgan fingerprint density at radius 2 is 2.00 bits per heavy atom. The molecule has 0 atom stereocenters. The van der Waals surface area contributed by atoms with Crippen molar-refractivity contribution >= 4 is 39.0 Å². The van der Waals surface area contributed by atoms with Crippen LogP contribution < -0.4 is 4.90 Å². The molecule has 0 aliphatic carbocycles. The van der Waals surface area contributed by atoms with E-state index in [-0.39, 0.29) is 0 Å². The van der Waals surface area contributed by atoms with Gasteiger partial charge in [-0.05, 0) is 17.5 Å². The van der Waals surface area contributed by atoms with Gasteiger partial charge in [0.2, 0.25) is 0 Å². The highest BCUT2D eigenvalue weighted by atomic mass is 32.2. The topological polar surface area (TPSA) is 19.4 Å². The lowest BCUT2D eigenvalue weighted by molar-refractivity contribution is 0.183. The third-order valence-corrected chi connectivity index (χ3v) is 5.96. The summed E-state index contributed by atoms with van der Waals surface area (Å²) in [5.41, 5.74) is 2.52. The van der Waals surface area contributed by atoms with Crippen molar-refractivity contribution < 1.29 is 0 Å². The summed E-state index contributed by atoms with van der Waals surface area (Å²) in [5, 5.41) is 2.14. The van der Waals surface area contributed by atoms with Crippen molar-refractivity contribution in [2.75, 3.05) is 42.6 Å². The second-order valence-electron chi connectivity index (χ2n) is 5.17. The summed E-state index contributed by atoms with van der Waals surface area (Å²) in [5.74, 6) is 2.61. The van der Waals surface area contributed by atoms with Gasteiger partial charge in [0.05, 0.1) is 15.9 Å². The fourth-order valence-corrected chi connectivity index (χ4v) is 4.76. The molecule has 0 spiro atoms. The minimum absolute atomic E-state index is 0.768. The van der Waals surface area contributed by atoms with Crippen LogP contribution in [0.15, 0.2) is 23.7 Å². The van der Waals surface area contributed by atoms with Crippen LogP contribution in [0.25, 0.3) is 10.2 Å². The first-order chi connectivity index (χ1) is 9.42. The van der Waals surface area contributed by atoms with Gasteiger partial charge in [0.25, 0.3) is 0 Å². The molecule has 0 radical (unpaired) electrons. The Bertz CT molecular complexity index is 571. The zero-order valence-electron chi connectivity index (χ0n) is 10.8. The minimum atomic E-state index is 0.768. The van der Waals surface area contributed by atoms with Crippen LogP contribution >= 0.6 is 23.1 Å². The molecule has 2 aromatic heterocycles. The van der Waals surface area contributed by atoms with Gasteiger partial charge in [-0.15, -0.1) is 11.3 Å². The minimum Gasteiger partial charge on any atom is -0.367 e. The fraction of sp³-hybridized carbons (Fsp3) is 0.500. The molecular weight excluding hydrogens is 274 g/mol. The van der Waals surface area contributed by atoms with E-state index in [1.165, 1.54) is 48.1 Å². The second kappa shape index (κ2) is 4.96. The number of thiophene rings is 1. The zero-order valence-corrected chi connectivity index (χ0v) is 12.4. The molecule has 2 fully saturated rings. The van der Waals surface area contributed by atoms with Gasteiger partial charge in [-0.1, -0.05) is 0 Å². The standard InChI is InChI=1S/C14H17N3S2/c1-3-15-12-2-6-19-14(12)13(1)17-9-11(10-17)16-4-7-18-8-5-16/h1-3,6,11H,4-5,7-10H2. The predicted molar refractivity (Wildman–Crippen MR) is 84.5 cm³/mol. The number of hydrogen-bond donors (Lipinski definition) is 0. The predicted octanol–water partition coefficient (Wildman–Crippen LogP) is 2.53. The molecule has 0 N–H and O–H groups in total. The van der Waals surface area contributed by atoms with Gasteiger partial charge in [0.15, 0.2) is 0 Å². The third kappa shape index (κ3) is 2.14. The van der Waals surface area contributed by atoms with Gasteiger partial charge in [-0.3, -0.25) is 9.88 Å². The van der Waals surface area contributed by atoms with E-state index < -0.39 is 0 Å². The molecular formula is C14H17N3S2. The first-order valence-corrected chi connectivity index (χ1v) is 8.84. The molecule has 2 saturated heterocycles. The van der Waals surface area contributed by atoms with E-state index in [4.69, 9.17) is 0 Å². The van der Waals surface area contributed by atoms with Crippen molar-refractivity contribution in [1.82, 2.24) is 9.88 Å². The van der Waals surface area contributed by atoms with Crippen molar-refractivity contribution in [3.8, 4) is 0 Å². The second-order valence-corrected chi connectivity index (χ2v) is 7.31. The Hall–Kier alpha value is -0.780. The van der Waals surface area contributed by atoms with E-state index in [1.54, 1.807) is 0 Å². The highest BCUT2D eigenvalue weighted by Gasteiger charge is 2.33. The van der Waals surface area contributed by atoms with Crippen molar-refractivity contribution in [3.63, 3.8) is 0 Å². The molecule has 0 aromatic carbocycles. The van der Waals surface area contributed by atoms with Crippen LogP contribution in [0.4, 0.5) is 5.69 Å². The lowest BCUT2D eigenvalue weighted by Gasteiger charge is -2.47. The van der Waals surface area contributed by atoms with E-state index in [0.29, 0.717) is 0 Å². The number of fused-ring (bicyclic) bond motifs is 1. The maximum absolute atomic E-state index is 4.42. The average molecular weight is 291 g/mol. The molecule has 4 rings (SSSR count). The van der Waals surface area contributed by atoms with E-state index in [2.05, 4.69) is 44.1 Å². The highest BCUT2D eigenvalue weighted by Crippen LogP contribution is 2.33. The molecule has 19 heavy (non-hydrogen) atoms. The number of rotatable bonds is 2. The number of aromatic nitrogens is 1. The molecule has 2 aliphatic rings. The van der Waals surface area contributed by atoms with Crippen LogP contribution in [0.3, 0.4) is 0 Å². The largest absolute Gasteiger partial charge is 0.367 e. The molecule has 0 unspecified atom stereocenters. The van der Waals surface area contributed by atoms with E-state index >= 15 is 0 Å². The molecule has 2 aromatic rings. The fourth-order valence-electron chi connectivity index (χ4n) is 2.93. The third-order valence-electron chi connectivity index (χ3n) is 4.09. The Kier molecular flexibility index (Phi) is 3.13. The smallest absolute Gasteiger partial charge is 0.0830 e. The van der Waals surface area contributed by atoms with Gasteiger partial charge in [-0.2, -0.15) is 11.8 Å². The highest BCUT2D eigenvalue weighted by molar-refractivity contribution is 7.99. The van der Waals surface area contributed by atoms with Gasteiger partial charge in [0.1, 0.15) is 0 Å². The van der Waals surface area contributed by atoms with Gasteiger partial charge in [-0.25, -0.2) is 0 Å². The summed E-state index contributed by atoms with van der Waals surface area (Å²) in [6.07, 6.45) is 1.94. The van der Waals surface area contributed by atoms with E-state index in [9.17, 15) is 0 Å². The molecule has 2 aliphatic heterocycles. The van der Waals surface area contributed by atoms with E-state index in [0.717, 1.165) is 11.6 Å². The Morgan fingerprint density at radius 3 is 2.84 bits per heavy atom. The van der Waals surface area contributed by atoms with Crippen molar-refractivity contribution in [2.45, 2.75) is 6.04 Å². The first-order valence-electron chi connectivity index (χ1n) is 6.81. The molecule has 100 valence electrons. The SMILES string of the molecule is c1cc(N2CC(N3CCSCC3)C2)c2sccc2n1. The number of pyridine rings is 1. The first kappa shape index (κ1) is 12.0. The number of hydrogen-bond acceptors (Lipinski definition) is 5. The van der Waals surface area contributed by atoms with E-state index in [1.807, 2.05) is 17.5 Å². The van der Waals surface area contributed by atoms with Gasteiger partial charge >= 0.3 is 0 Å². The van der Waals surface area contributed by atoms with Crippen LogP contribution in [0, 0.1) is 0 Å². The summed E-state index contributed by atoms with van der Waals surface area (Å²) in [4.78, 5) is 9.60. The summed E-state index contributed by atoms with van der Waals surface area (Å²) >= 11 is 3.90. The van der Waals surface area contributed by atoms with Crippen LogP contribution in [0.1, 0.15) is 0 Å². The lowest BCUT2D eigenvalue weighted by Crippen LogP contribution is -2.61.